The van der Waals surface area contributed by atoms with Crippen molar-refractivity contribution in [3.63, 3.8) is 0 Å². The van der Waals surface area contributed by atoms with Gasteiger partial charge in [0.15, 0.2) is 0 Å². The maximum Gasteiger partial charge on any atom is 0.416 e. The average molecular weight is 659 g/mol. The number of nitrogens with zero attached hydrogens (tertiary/aromatic N) is 4. The molecule has 0 saturated heterocycles. The number of aryl methyl sites for hydroxylation is 4. The van der Waals surface area contributed by atoms with Crippen molar-refractivity contribution in [2.45, 2.75) is 33.9 Å². The lowest BCUT2D eigenvalue weighted by Gasteiger charge is -2.21. The van der Waals surface area contributed by atoms with Crippen molar-refractivity contribution in [2.24, 2.45) is 0 Å². The summed E-state index contributed by atoms with van der Waals surface area (Å²) >= 11 is 0. The molecule has 0 spiro atoms. The van der Waals surface area contributed by atoms with Gasteiger partial charge in [-0.1, -0.05) is 52.6 Å². The molecule has 0 aliphatic carbocycles. The molecule has 0 atom stereocenters. The molecule has 0 amide bonds. The summed E-state index contributed by atoms with van der Waals surface area (Å²) in [6.45, 7) is 8.12. The van der Waals surface area contributed by atoms with Crippen LogP contribution in [0.25, 0.3) is 66.1 Å². The molecule has 2 heterocycles. The van der Waals surface area contributed by atoms with E-state index >= 15 is 0 Å². The van der Waals surface area contributed by atoms with Crippen LogP contribution < -0.4 is 0 Å². The summed E-state index contributed by atoms with van der Waals surface area (Å²) in [5, 5.41) is 25.0. The van der Waals surface area contributed by atoms with Crippen molar-refractivity contribution in [1.82, 2.24) is 9.13 Å². The Hall–Kier alpha value is -6.31. The molecule has 242 valence electrons. The Balaban J connectivity index is 1.58. The number of benzene rings is 6. The molecule has 7 heteroatoms. The fourth-order valence-corrected chi connectivity index (χ4v) is 7.36. The third-order valence-electron chi connectivity index (χ3n) is 9.58. The highest BCUT2D eigenvalue weighted by Gasteiger charge is 2.32. The van der Waals surface area contributed by atoms with E-state index in [1.54, 1.807) is 6.07 Å². The van der Waals surface area contributed by atoms with E-state index < -0.39 is 11.7 Å². The first-order valence-corrected chi connectivity index (χ1v) is 16.2. The minimum Gasteiger partial charge on any atom is -0.308 e. The maximum absolute atomic E-state index is 14.2. The standard InChI is InChI=1S/C43H29F3N4/c1-24-5-10-37-32(15-24)33-16-25(2)6-11-38(33)49(37)41-14-9-31(29-19-28(22-47)20-30(21-29)43(44,45)46)42(36(41)23-48)50-39-12-7-26(3)17-34(39)35-18-27(4)8-13-40(35)50/h5-21H,1-4H3. The topological polar surface area (TPSA) is 57.4 Å². The zero-order chi connectivity index (χ0) is 35.1. The van der Waals surface area contributed by atoms with Gasteiger partial charge in [0.05, 0.1) is 50.6 Å². The van der Waals surface area contributed by atoms with Gasteiger partial charge < -0.3 is 9.13 Å². The Morgan fingerprint density at radius 2 is 0.980 bits per heavy atom. The average Bonchev–Trinajstić information content (AvgIpc) is 3.57. The normalized spacial score (nSPS) is 11.9. The van der Waals surface area contributed by atoms with Crippen molar-refractivity contribution < 1.29 is 13.2 Å². The second-order valence-electron chi connectivity index (χ2n) is 13.1. The molecule has 0 N–H and O–H groups in total. The van der Waals surface area contributed by atoms with Crippen LogP contribution >= 0.6 is 0 Å². The van der Waals surface area contributed by atoms with Gasteiger partial charge in [0.1, 0.15) is 11.6 Å². The fraction of sp³-hybridized carbons (Fsp3) is 0.116. The zero-order valence-electron chi connectivity index (χ0n) is 27.7. The lowest BCUT2D eigenvalue weighted by molar-refractivity contribution is -0.137. The molecule has 0 aliphatic heterocycles. The van der Waals surface area contributed by atoms with Gasteiger partial charge >= 0.3 is 6.18 Å². The number of rotatable bonds is 3. The minimum absolute atomic E-state index is 0.120. The SMILES string of the molecule is Cc1ccc2c(c1)c1cc(C)ccc1n2-c1ccc(-c2cc(C#N)cc(C(F)(F)F)c2)c(-n2c3ccc(C)cc3c3cc(C)ccc32)c1C#N. The number of hydrogen-bond donors (Lipinski definition) is 0. The highest BCUT2D eigenvalue weighted by molar-refractivity contribution is 6.12. The van der Waals surface area contributed by atoms with Crippen LogP contribution in [-0.2, 0) is 6.18 Å². The Morgan fingerprint density at radius 3 is 1.40 bits per heavy atom. The van der Waals surface area contributed by atoms with E-state index in [0.717, 1.165) is 78.0 Å². The quantitative estimate of drug-likeness (QED) is 0.190. The highest BCUT2D eigenvalue weighted by atomic mass is 19.4. The van der Waals surface area contributed by atoms with Crippen molar-refractivity contribution >= 4 is 43.6 Å². The van der Waals surface area contributed by atoms with Crippen molar-refractivity contribution in [3.05, 3.63) is 142 Å². The summed E-state index contributed by atoms with van der Waals surface area (Å²) in [7, 11) is 0. The molecule has 0 unspecified atom stereocenters. The van der Waals surface area contributed by atoms with Crippen LogP contribution in [0.3, 0.4) is 0 Å². The van der Waals surface area contributed by atoms with E-state index in [-0.39, 0.29) is 11.1 Å². The van der Waals surface area contributed by atoms with E-state index in [2.05, 4.69) is 34.9 Å². The molecule has 0 radical (unpaired) electrons. The van der Waals surface area contributed by atoms with Crippen LogP contribution in [-0.4, -0.2) is 9.13 Å². The summed E-state index contributed by atoms with van der Waals surface area (Å²) in [5.74, 6) is 0. The number of nitriles is 2. The van der Waals surface area contributed by atoms with Crippen LogP contribution in [0.5, 0.6) is 0 Å². The highest BCUT2D eigenvalue weighted by Crippen LogP contribution is 2.43. The summed E-state index contributed by atoms with van der Waals surface area (Å²) in [6.07, 6.45) is -4.68. The van der Waals surface area contributed by atoms with Gasteiger partial charge in [-0.25, -0.2) is 0 Å². The molecule has 0 bridgehead atoms. The number of halogens is 3. The molecule has 6 aromatic carbocycles. The summed E-state index contributed by atoms with van der Waals surface area (Å²) in [4.78, 5) is 0. The monoisotopic (exact) mass is 658 g/mol. The summed E-state index contributed by atoms with van der Waals surface area (Å²) in [5.41, 5.74) is 8.63. The molecule has 50 heavy (non-hydrogen) atoms. The van der Waals surface area contributed by atoms with Crippen LogP contribution in [0.4, 0.5) is 13.2 Å². The molecule has 0 aliphatic rings. The smallest absolute Gasteiger partial charge is 0.308 e. The van der Waals surface area contributed by atoms with Gasteiger partial charge in [-0.15, -0.1) is 0 Å². The molecular formula is C43H29F3N4. The molecule has 8 aromatic rings. The molecule has 0 saturated carbocycles. The van der Waals surface area contributed by atoms with Gasteiger partial charge in [-0.05, 0) is 106 Å². The Morgan fingerprint density at radius 1 is 0.520 bits per heavy atom. The number of fused-ring (bicyclic) bond motifs is 6. The van der Waals surface area contributed by atoms with Crippen LogP contribution in [0.15, 0.2) is 103 Å². The number of aromatic nitrogens is 2. The molecular weight excluding hydrogens is 629 g/mol. The first-order chi connectivity index (χ1) is 24.0. The second kappa shape index (κ2) is 11.1. The van der Waals surface area contributed by atoms with E-state index in [4.69, 9.17) is 0 Å². The Kier molecular flexibility index (Phi) is 6.89. The largest absolute Gasteiger partial charge is 0.416 e. The molecule has 8 rings (SSSR count). The number of hydrogen-bond acceptors (Lipinski definition) is 2. The lowest BCUT2D eigenvalue weighted by atomic mass is 9.95. The van der Waals surface area contributed by atoms with Crippen molar-refractivity contribution in [2.75, 3.05) is 0 Å². The van der Waals surface area contributed by atoms with E-state index in [9.17, 15) is 23.7 Å². The van der Waals surface area contributed by atoms with Gasteiger partial charge in [-0.2, -0.15) is 23.7 Å². The first kappa shape index (κ1) is 31.0. The molecule has 0 fully saturated rings. The number of alkyl halides is 3. The zero-order valence-corrected chi connectivity index (χ0v) is 27.7. The van der Waals surface area contributed by atoms with E-state index in [0.29, 0.717) is 22.5 Å². The molecule has 2 aromatic heterocycles. The van der Waals surface area contributed by atoms with Gasteiger partial charge in [0.2, 0.25) is 0 Å². The third kappa shape index (κ3) is 4.74. The third-order valence-corrected chi connectivity index (χ3v) is 9.58. The van der Waals surface area contributed by atoms with Gasteiger partial charge in [0, 0.05) is 27.1 Å². The molecule has 4 nitrogen and oxygen atoms in total. The minimum atomic E-state index is -4.68. The van der Waals surface area contributed by atoms with Crippen LogP contribution in [0.1, 0.15) is 38.9 Å². The first-order valence-electron chi connectivity index (χ1n) is 16.2. The lowest BCUT2D eigenvalue weighted by Crippen LogP contribution is -2.08. The van der Waals surface area contributed by atoms with Gasteiger partial charge in [0.25, 0.3) is 0 Å². The van der Waals surface area contributed by atoms with Crippen LogP contribution in [0, 0.1) is 50.4 Å². The summed E-state index contributed by atoms with van der Waals surface area (Å²) in [6, 6.07) is 36.0. The Bertz CT molecular complexity index is 2700. The van der Waals surface area contributed by atoms with Gasteiger partial charge in [-0.3, -0.25) is 0 Å². The van der Waals surface area contributed by atoms with Crippen LogP contribution in [0.2, 0.25) is 0 Å². The van der Waals surface area contributed by atoms with E-state index in [1.165, 1.54) is 6.07 Å². The Labute approximate surface area is 286 Å². The second-order valence-corrected chi connectivity index (χ2v) is 13.1. The maximum atomic E-state index is 14.2. The van der Waals surface area contributed by atoms with Crippen molar-refractivity contribution in [3.8, 4) is 34.6 Å². The predicted octanol–water partition coefficient (Wildman–Crippen LogP) is 11.5. The van der Waals surface area contributed by atoms with E-state index in [1.807, 2.05) is 92.9 Å². The summed E-state index contributed by atoms with van der Waals surface area (Å²) < 4.78 is 46.8. The fourth-order valence-electron chi connectivity index (χ4n) is 7.36. The predicted molar refractivity (Wildman–Crippen MR) is 194 cm³/mol. The van der Waals surface area contributed by atoms with Crippen molar-refractivity contribution in [1.29, 1.82) is 10.5 Å².